The first-order valence-electron chi connectivity index (χ1n) is 13.5. The number of allylic oxidation sites excluding steroid dienone is 4. The second-order valence-corrected chi connectivity index (χ2v) is 11.3. The number of unbranched alkanes of at least 4 members (excludes halogenated alkanes) is 2. The Balaban J connectivity index is 1.25. The lowest BCUT2D eigenvalue weighted by Crippen LogP contribution is -2.38. The summed E-state index contributed by atoms with van der Waals surface area (Å²) < 4.78 is 5.65. The summed E-state index contributed by atoms with van der Waals surface area (Å²) in [7, 11) is 0. The van der Waals surface area contributed by atoms with Gasteiger partial charge < -0.3 is 14.5 Å². The van der Waals surface area contributed by atoms with E-state index in [4.69, 9.17) is 4.74 Å². The number of carbonyl (C=O) groups is 3. The number of benzene rings is 1. The van der Waals surface area contributed by atoms with Crippen molar-refractivity contribution in [2.24, 2.45) is 0 Å². The third-order valence-corrected chi connectivity index (χ3v) is 7.10. The number of carbonyl (C=O) groups excluding carboxylic acids is 3. The first-order valence-corrected chi connectivity index (χ1v) is 13.5. The Morgan fingerprint density at radius 1 is 0.972 bits per heavy atom. The van der Waals surface area contributed by atoms with Crippen LogP contribution in [0.25, 0.3) is 0 Å². The van der Waals surface area contributed by atoms with Crippen LogP contribution >= 0.6 is 0 Å². The van der Waals surface area contributed by atoms with Crippen molar-refractivity contribution in [3.63, 3.8) is 0 Å². The van der Waals surface area contributed by atoms with Crippen LogP contribution in [0.5, 0.6) is 0 Å². The summed E-state index contributed by atoms with van der Waals surface area (Å²) in [5.74, 6) is 0.416. The van der Waals surface area contributed by atoms with E-state index >= 15 is 0 Å². The van der Waals surface area contributed by atoms with Gasteiger partial charge in [-0.05, 0) is 88.5 Å². The van der Waals surface area contributed by atoms with Crippen LogP contribution < -0.4 is 4.90 Å². The van der Waals surface area contributed by atoms with Crippen LogP contribution in [0.2, 0.25) is 0 Å². The van der Waals surface area contributed by atoms with E-state index in [9.17, 15) is 14.4 Å². The van der Waals surface area contributed by atoms with Crippen LogP contribution in [0.1, 0.15) is 82.4 Å². The summed E-state index contributed by atoms with van der Waals surface area (Å²) in [6.07, 6.45) is 13.8. The zero-order chi connectivity index (χ0) is 25.7. The van der Waals surface area contributed by atoms with E-state index in [1.54, 1.807) is 6.08 Å². The molecule has 0 radical (unpaired) electrons. The van der Waals surface area contributed by atoms with Crippen molar-refractivity contribution in [1.82, 2.24) is 4.90 Å². The maximum absolute atomic E-state index is 12.8. The maximum Gasteiger partial charge on any atom is 0.410 e. The smallest absolute Gasteiger partial charge is 0.410 e. The van der Waals surface area contributed by atoms with Gasteiger partial charge in [-0.15, -0.1) is 0 Å². The van der Waals surface area contributed by atoms with Gasteiger partial charge in [0.25, 0.3) is 0 Å². The molecule has 4 rings (SSSR count). The van der Waals surface area contributed by atoms with E-state index in [0.717, 1.165) is 63.5 Å². The summed E-state index contributed by atoms with van der Waals surface area (Å²) in [6, 6.07) is 4.60. The van der Waals surface area contributed by atoms with Crippen LogP contribution in [0.15, 0.2) is 35.9 Å². The summed E-state index contributed by atoms with van der Waals surface area (Å²) in [6.45, 7) is 7.83. The fourth-order valence-corrected chi connectivity index (χ4v) is 5.41. The number of hydrogen-bond acceptors (Lipinski definition) is 4. The van der Waals surface area contributed by atoms with Crippen LogP contribution in [-0.4, -0.2) is 47.9 Å². The van der Waals surface area contributed by atoms with Crippen LogP contribution in [0.3, 0.4) is 0 Å². The maximum atomic E-state index is 12.8. The third kappa shape index (κ3) is 6.86. The Hall–Kier alpha value is -2.89. The fraction of sp³-hybridized carbons (Fsp3) is 0.567. The van der Waals surface area contributed by atoms with Crippen LogP contribution in [0, 0.1) is 0 Å². The molecule has 2 heterocycles. The molecule has 6 nitrogen and oxygen atoms in total. The summed E-state index contributed by atoms with van der Waals surface area (Å²) in [4.78, 5) is 40.4. The Kier molecular flexibility index (Phi) is 8.32. The number of aryl methyl sites for hydroxylation is 2. The molecule has 0 fully saturated rings. The van der Waals surface area contributed by atoms with Gasteiger partial charge in [0.1, 0.15) is 5.60 Å². The number of amides is 2. The summed E-state index contributed by atoms with van der Waals surface area (Å²) in [5.41, 5.74) is 5.83. The molecule has 1 aliphatic carbocycles. The van der Waals surface area contributed by atoms with Gasteiger partial charge in [0, 0.05) is 32.5 Å². The summed E-state index contributed by atoms with van der Waals surface area (Å²) >= 11 is 0. The lowest BCUT2D eigenvalue weighted by Gasteiger charge is -2.27. The van der Waals surface area contributed by atoms with Gasteiger partial charge in [0.2, 0.25) is 5.91 Å². The molecule has 0 saturated carbocycles. The van der Waals surface area contributed by atoms with E-state index in [0.29, 0.717) is 25.9 Å². The molecule has 0 N–H and O–H groups in total. The lowest BCUT2D eigenvalue weighted by molar-refractivity contribution is -0.118. The molecule has 1 aromatic carbocycles. The minimum atomic E-state index is -0.521. The largest absolute Gasteiger partial charge is 0.444 e. The Bertz CT molecular complexity index is 1060. The van der Waals surface area contributed by atoms with E-state index in [-0.39, 0.29) is 17.8 Å². The van der Waals surface area contributed by atoms with Crippen LogP contribution in [0.4, 0.5) is 10.5 Å². The molecular weight excluding hydrogens is 452 g/mol. The SMILES string of the molecule is CC(C)(C)OC(=O)N(CCCCCc1cc2c3c(c1)CCN3C(=O)CC2)CCCC1=CC=CC(=O)C1. The van der Waals surface area contributed by atoms with Crippen molar-refractivity contribution in [3.05, 3.63) is 52.6 Å². The van der Waals surface area contributed by atoms with Crippen molar-refractivity contribution in [3.8, 4) is 0 Å². The molecule has 2 amide bonds. The van der Waals surface area contributed by atoms with E-state index in [1.165, 1.54) is 22.4 Å². The van der Waals surface area contributed by atoms with Gasteiger partial charge in [-0.2, -0.15) is 0 Å². The average Bonchev–Trinajstić information content (AvgIpc) is 3.24. The van der Waals surface area contributed by atoms with Gasteiger partial charge in [0.15, 0.2) is 5.78 Å². The second kappa shape index (κ2) is 11.4. The number of ketones is 1. The molecule has 36 heavy (non-hydrogen) atoms. The Morgan fingerprint density at radius 2 is 1.72 bits per heavy atom. The molecular formula is C30H40N2O4. The predicted octanol–water partition coefficient (Wildman–Crippen LogP) is 5.71. The zero-order valence-corrected chi connectivity index (χ0v) is 22.1. The van der Waals surface area contributed by atoms with Crippen molar-refractivity contribution >= 4 is 23.5 Å². The first kappa shape index (κ1) is 26.2. The molecule has 0 aromatic heterocycles. The Labute approximate surface area is 215 Å². The topological polar surface area (TPSA) is 66.9 Å². The zero-order valence-electron chi connectivity index (χ0n) is 22.1. The van der Waals surface area contributed by atoms with E-state index in [2.05, 4.69) is 12.1 Å². The van der Waals surface area contributed by atoms with Crippen molar-refractivity contribution in [1.29, 1.82) is 0 Å². The molecule has 0 saturated heterocycles. The molecule has 0 atom stereocenters. The molecule has 2 aliphatic heterocycles. The van der Waals surface area contributed by atoms with Gasteiger partial charge in [-0.3, -0.25) is 9.59 Å². The highest BCUT2D eigenvalue weighted by molar-refractivity contribution is 5.98. The molecule has 0 bridgehead atoms. The quantitative estimate of drug-likeness (QED) is 0.393. The monoisotopic (exact) mass is 492 g/mol. The average molecular weight is 493 g/mol. The first-order chi connectivity index (χ1) is 17.2. The minimum Gasteiger partial charge on any atom is -0.444 e. The summed E-state index contributed by atoms with van der Waals surface area (Å²) in [5, 5.41) is 0. The number of hydrogen-bond donors (Lipinski definition) is 0. The standard InChI is InChI=1S/C30H40N2O4/c1-30(2,3)36-29(35)31(17-8-11-22-10-7-12-26(33)21-22)16-6-4-5-9-23-19-24-13-14-27(34)32-18-15-25(20-23)28(24)32/h7,10,12,19-20H,4-6,8-9,11,13-18,21H2,1-3H3. The lowest BCUT2D eigenvalue weighted by atomic mass is 9.94. The van der Waals surface area contributed by atoms with E-state index in [1.807, 2.05) is 42.7 Å². The fourth-order valence-electron chi connectivity index (χ4n) is 5.41. The number of nitrogens with zero attached hydrogens (tertiary/aromatic N) is 2. The highest BCUT2D eigenvalue weighted by Crippen LogP contribution is 2.37. The molecule has 194 valence electrons. The molecule has 3 aliphatic rings. The second-order valence-electron chi connectivity index (χ2n) is 11.3. The minimum absolute atomic E-state index is 0.148. The van der Waals surface area contributed by atoms with Gasteiger partial charge in [0.05, 0.1) is 5.69 Å². The van der Waals surface area contributed by atoms with Crippen molar-refractivity contribution in [2.45, 2.75) is 90.6 Å². The highest BCUT2D eigenvalue weighted by Gasteiger charge is 2.31. The third-order valence-electron chi connectivity index (χ3n) is 7.10. The van der Waals surface area contributed by atoms with Gasteiger partial charge in [-0.25, -0.2) is 4.79 Å². The number of ether oxygens (including phenoxy) is 1. The molecule has 1 aromatic rings. The van der Waals surface area contributed by atoms with Crippen LogP contribution in [-0.2, 0) is 33.6 Å². The number of anilines is 1. The van der Waals surface area contributed by atoms with Gasteiger partial charge >= 0.3 is 6.09 Å². The molecule has 6 heteroatoms. The Morgan fingerprint density at radius 3 is 2.47 bits per heavy atom. The van der Waals surface area contributed by atoms with E-state index < -0.39 is 5.60 Å². The molecule has 0 unspecified atom stereocenters. The molecule has 0 spiro atoms. The number of rotatable bonds is 10. The predicted molar refractivity (Wildman–Crippen MR) is 142 cm³/mol. The van der Waals surface area contributed by atoms with Crippen molar-refractivity contribution in [2.75, 3.05) is 24.5 Å². The van der Waals surface area contributed by atoms with Crippen molar-refractivity contribution < 1.29 is 19.1 Å². The van der Waals surface area contributed by atoms with Gasteiger partial charge in [-0.1, -0.05) is 36.3 Å². The normalized spacial score (nSPS) is 16.8. The highest BCUT2D eigenvalue weighted by atomic mass is 16.6.